The molecule has 1 amide bonds. The number of hydrogen-bond donors (Lipinski definition) is 0. The molecular formula is C12H13ClINO3S. The third-order valence-corrected chi connectivity index (χ3v) is 4.98. The van der Waals surface area contributed by atoms with E-state index in [2.05, 4.69) is 22.6 Å². The van der Waals surface area contributed by atoms with Crippen LogP contribution in [0.5, 0.6) is 0 Å². The van der Waals surface area contributed by atoms with Crippen molar-refractivity contribution in [2.45, 2.75) is 13.0 Å². The van der Waals surface area contributed by atoms with E-state index in [1.54, 1.807) is 4.90 Å². The van der Waals surface area contributed by atoms with Gasteiger partial charge in [0.05, 0.1) is 5.75 Å². The Balaban J connectivity index is 1.98. The third kappa shape index (κ3) is 4.61. The molecule has 104 valence electrons. The van der Waals surface area contributed by atoms with Crippen molar-refractivity contribution < 1.29 is 13.2 Å². The van der Waals surface area contributed by atoms with Gasteiger partial charge >= 0.3 is 0 Å². The molecule has 0 saturated carbocycles. The first-order valence-corrected chi connectivity index (χ1v) is 9.34. The zero-order valence-corrected chi connectivity index (χ0v) is 13.8. The van der Waals surface area contributed by atoms with Crippen LogP contribution in [-0.2, 0) is 20.4 Å². The molecule has 0 N–H and O–H groups in total. The highest BCUT2D eigenvalue weighted by atomic mass is 127. The molecular weight excluding hydrogens is 401 g/mol. The van der Waals surface area contributed by atoms with Crippen LogP contribution < -0.4 is 0 Å². The summed E-state index contributed by atoms with van der Waals surface area (Å²) in [5, 5.41) is 0. The second-order valence-corrected chi connectivity index (χ2v) is 8.74. The fraction of sp³-hybridized carbons (Fsp3) is 0.417. The summed E-state index contributed by atoms with van der Waals surface area (Å²) in [6, 6.07) is 7.91. The molecule has 0 bridgehead atoms. The molecule has 1 unspecified atom stereocenters. The molecule has 1 atom stereocenters. The van der Waals surface area contributed by atoms with Gasteiger partial charge in [0.2, 0.25) is 15.0 Å². The maximum absolute atomic E-state index is 11.8. The molecule has 1 heterocycles. The van der Waals surface area contributed by atoms with E-state index in [4.69, 9.17) is 10.7 Å². The second kappa shape index (κ2) is 5.97. The number of halogens is 2. The first-order chi connectivity index (χ1) is 8.83. The third-order valence-electron chi connectivity index (χ3n) is 3.02. The van der Waals surface area contributed by atoms with Crippen LogP contribution in [-0.4, -0.2) is 31.5 Å². The van der Waals surface area contributed by atoms with Gasteiger partial charge in [-0.05, 0) is 40.3 Å². The lowest BCUT2D eigenvalue weighted by atomic mass is 10.1. The van der Waals surface area contributed by atoms with Crippen LogP contribution in [0.3, 0.4) is 0 Å². The van der Waals surface area contributed by atoms with Crippen molar-refractivity contribution in [3.63, 3.8) is 0 Å². The Bertz CT molecular complexity index is 573. The van der Waals surface area contributed by atoms with E-state index in [9.17, 15) is 13.2 Å². The molecule has 0 spiro atoms. The van der Waals surface area contributed by atoms with E-state index in [-0.39, 0.29) is 24.0 Å². The Kier molecular flexibility index (Phi) is 4.73. The Morgan fingerprint density at radius 3 is 2.53 bits per heavy atom. The van der Waals surface area contributed by atoms with E-state index in [1.165, 1.54) is 0 Å². The standard InChI is InChI=1S/C12H13ClINO3S/c13-19(17,18)8-10-5-12(16)15(7-10)6-9-1-3-11(14)4-2-9/h1-4,10H,5-8H2. The largest absolute Gasteiger partial charge is 0.338 e. The molecule has 0 aromatic heterocycles. The Hall–Kier alpha value is -0.340. The minimum absolute atomic E-state index is 0.0103. The van der Waals surface area contributed by atoms with E-state index in [0.29, 0.717) is 13.1 Å². The highest BCUT2D eigenvalue weighted by Crippen LogP contribution is 2.22. The summed E-state index contributed by atoms with van der Waals surface area (Å²) in [5.74, 6) is -0.341. The molecule has 1 aromatic rings. The van der Waals surface area contributed by atoms with Crippen molar-refractivity contribution in [1.82, 2.24) is 4.90 Å². The van der Waals surface area contributed by atoms with Crippen LogP contribution in [0.1, 0.15) is 12.0 Å². The number of carbonyl (C=O) groups is 1. The number of benzene rings is 1. The summed E-state index contributed by atoms with van der Waals surface area (Å²) in [7, 11) is 1.69. The molecule has 1 aromatic carbocycles. The van der Waals surface area contributed by atoms with Gasteiger partial charge in [-0.15, -0.1) is 0 Å². The number of carbonyl (C=O) groups excluding carboxylic acids is 1. The van der Waals surface area contributed by atoms with Crippen LogP contribution in [0.2, 0.25) is 0 Å². The van der Waals surface area contributed by atoms with Crippen LogP contribution in [0, 0.1) is 9.49 Å². The van der Waals surface area contributed by atoms with Crippen molar-refractivity contribution >= 4 is 48.2 Å². The molecule has 0 aliphatic carbocycles. The molecule has 0 radical (unpaired) electrons. The summed E-state index contributed by atoms with van der Waals surface area (Å²) in [6.45, 7) is 0.978. The van der Waals surface area contributed by atoms with Gasteiger partial charge in [0.25, 0.3) is 0 Å². The fourth-order valence-electron chi connectivity index (χ4n) is 2.21. The molecule has 1 aliphatic heterocycles. The SMILES string of the molecule is O=C1CC(CS(=O)(=O)Cl)CN1Cc1ccc(I)cc1. The van der Waals surface area contributed by atoms with Gasteiger partial charge in [-0.1, -0.05) is 12.1 Å². The summed E-state index contributed by atoms with van der Waals surface area (Å²) in [6.07, 6.45) is 0.260. The first kappa shape index (κ1) is 15.1. The van der Waals surface area contributed by atoms with E-state index >= 15 is 0 Å². The quantitative estimate of drug-likeness (QED) is 0.562. The average Bonchev–Trinajstić information content (AvgIpc) is 2.60. The molecule has 2 rings (SSSR count). The molecule has 1 saturated heterocycles. The fourth-order valence-corrected chi connectivity index (χ4v) is 3.89. The minimum Gasteiger partial charge on any atom is -0.338 e. The lowest BCUT2D eigenvalue weighted by Gasteiger charge is -2.16. The maximum Gasteiger partial charge on any atom is 0.232 e. The van der Waals surface area contributed by atoms with E-state index < -0.39 is 9.05 Å². The minimum atomic E-state index is -3.54. The van der Waals surface area contributed by atoms with Crippen molar-refractivity contribution in [1.29, 1.82) is 0 Å². The van der Waals surface area contributed by atoms with E-state index in [1.807, 2.05) is 24.3 Å². The van der Waals surface area contributed by atoms with Crippen LogP contribution in [0.25, 0.3) is 0 Å². The summed E-state index contributed by atoms with van der Waals surface area (Å²) >= 11 is 2.22. The predicted molar refractivity (Wildman–Crippen MR) is 82.3 cm³/mol. The van der Waals surface area contributed by atoms with Gasteiger partial charge in [0.1, 0.15) is 0 Å². The highest BCUT2D eigenvalue weighted by Gasteiger charge is 2.32. The second-order valence-electron chi connectivity index (χ2n) is 4.68. The maximum atomic E-state index is 11.8. The predicted octanol–water partition coefficient (Wildman–Crippen LogP) is 2.21. The summed E-state index contributed by atoms with van der Waals surface area (Å²) in [5.41, 5.74) is 1.04. The van der Waals surface area contributed by atoms with Gasteiger partial charge in [0.15, 0.2) is 0 Å². The molecule has 1 fully saturated rings. The zero-order valence-electron chi connectivity index (χ0n) is 10.1. The monoisotopic (exact) mass is 413 g/mol. The first-order valence-electron chi connectivity index (χ1n) is 5.78. The van der Waals surface area contributed by atoms with Crippen molar-refractivity contribution in [3.05, 3.63) is 33.4 Å². The van der Waals surface area contributed by atoms with Crippen molar-refractivity contribution in [3.8, 4) is 0 Å². The number of amides is 1. The number of rotatable bonds is 4. The van der Waals surface area contributed by atoms with Crippen molar-refractivity contribution in [2.75, 3.05) is 12.3 Å². The number of hydrogen-bond acceptors (Lipinski definition) is 3. The average molecular weight is 414 g/mol. The van der Waals surface area contributed by atoms with Gasteiger partial charge in [-0.2, -0.15) is 0 Å². The van der Waals surface area contributed by atoms with Crippen LogP contribution >= 0.6 is 33.3 Å². The van der Waals surface area contributed by atoms with Crippen LogP contribution in [0.15, 0.2) is 24.3 Å². The molecule has 19 heavy (non-hydrogen) atoms. The summed E-state index contributed by atoms with van der Waals surface area (Å²) in [4.78, 5) is 13.5. The normalized spacial score (nSPS) is 20.0. The van der Waals surface area contributed by atoms with Crippen molar-refractivity contribution in [2.24, 2.45) is 5.92 Å². The zero-order chi connectivity index (χ0) is 14.0. The lowest BCUT2D eigenvalue weighted by molar-refractivity contribution is -0.128. The Morgan fingerprint density at radius 1 is 1.32 bits per heavy atom. The molecule has 4 nitrogen and oxygen atoms in total. The highest BCUT2D eigenvalue weighted by molar-refractivity contribution is 14.1. The smallest absolute Gasteiger partial charge is 0.232 e. The molecule has 7 heteroatoms. The number of nitrogens with zero attached hydrogens (tertiary/aromatic N) is 1. The molecule has 1 aliphatic rings. The van der Waals surface area contributed by atoms with E-state index in [0.717, 1.165) is 9.13 Å². The van der Waals surface area contributed by atoms with Gasteiger partial charge in [-0.25, -0.2) is 8.42 Å². The Labute approximate surface area is 130 Å². The van der Waals surface area contributed by atoms with Gasteiger partial charge in [-0.3, -0.25) is 4.79 Å². The summed E-state index contributed by atoms with van der Waals surface area (Å²) < 4.78 is 23.2. The number of likely N-dealkylation sites (tertiary alicyclic amines) is 1. The Morgan fingerprint density at radius 2 is 1.95 bits per heavy atom. The van der Waals surface area contributed by atoms with Crippen LogP contribution in [0.4, 0.5) is 0 Å². The topological polar surface area (TPSA) is 54.5 Å². The van der Waals surface area contributed by atoms with Gasteiger partial charge < -0.3 is 4.90 Å². The van der Waals surface area contributed by atoms with Gasteiger partial charge in [0, 0.05) is 39.7 Å². The lowest BCUT2D eigenvalue weighted by Crippen LogP contribution is -2.25.